The van der Waals surface area contributed by atoms with Crippen molar-refractivity contribution < 1.29 is 9.53 Å². The van der Waals surface area contributed by atoms with Gasteiger partial charge in [-0.1, -0.05) is 0 Å². The van der Waals surface area contributed by atoms with Gasteiger partial charge in [-0.15, -0.1) is 0 Å². The molecule has 1 unspecified atom stereocenters. The molecule has 1 aliphatic heterocycles. The number of hydrogen-bond acceptors (Lipinski definition) is 4. The Bertz CT molecular complexity index is 176. The van der Waals surface area contributed by atoms with Gasteiger partial charge in [0, 0.05) is 18.9 Å². The number of rotatable bonds is 1. The van der Waals surface area contributed by atoms with Crippen LogP contribution in [0.4, 0.5) is 0 Å². The van der Waals surface area contributed by atoms with Crippen LogP contribution in [-0.4, -0.2) is 18.3 Å². The van der Waals surface area contributed by atoms with Gasteiger partial charge in [0.15, 0.2) is 6.10 Å². The van der Waals surface area contributed by atoms with Crippen LogP contribution >= 0.6 is 11.9 Å². The molecule has 0 N–H and O–H groups in total. The van der Waals surface area contributed by atoms with Crippen molar-refractivity contribution in [3.63, 3.8) is 0 Å². The monoisotopic (exact) mass is 157 g/mol. The van der Waals surface area contributed by atoms with Crippen molar-refractivity contribution in [2.75, 3.05) is 0 Å². The highest BCUT2D eigenvalue weighted by molar-refractivity contribution is 8.01. The minimum absolute atomic E-state index is 0.265. The zero-order chi connectivity index (χ0) is 7.40. The van der Waals surface area contributed by atoms with Gasteiger partial charge in [0.05, 0.1) is 6.21 Å². The second-order valence-corrected chi connectivity index (χ2v) is 2.46. The Kier molecular flexibility index (Phi) is 2.50. The average molecular weight is 157 g/mol. The van der Waals surface area contributed by atoms with Gasteiger partial charge in [0.1, 0.15) is 0 Å². The normalized spacial score (nSPS) is 22.7. The van der Waals surface area contributed by atoms with Crippen molar-refractivity contribution >= 4 is 24.1 Å². The Hall–Kier alpha value is -0.770. The Morgan fingerprint density at radius 2 is 2.60 bits per heavy atom. The van der Waals surface area contributed by atoms with Gasteiger partial charge in [0.2, 0.25) is 0 Å². The fourth-order valence-corrected chi connectivity index (χ4v) is 1.04. The quantitative estimate of drug-likeness (QED) is 0.423. The lowest BCUT2D eigenvalue weighted by atomic mass is 10.4. The summed E-state index contributed by atoms with van der Waals surface area (Å²) in [5.41, 5.74) is 0. The van der Waals surface area contributed by atoms with E-state index in [9.17, 15) is 4.79 Å². The predicted molar refractivity (Wildman–Crippen MR) is 40.8 cm³/mol. The number of esters is 1. The summed E-state index contributed by atoms with van der Waals surface area (Å²) in [4.78, 5) is 10.4. The molecule has 3 nitrogen and oxygen atoms in total. The van der Waals surface area contributed by atoms with Crippen LogP contribution in [0.15, 0.2) is 15.9 Å². The third-order valence-corrected chi connectivity index (χ3v) is 1.42. The van der Waals surface area contributed by atoms with E-state index in [1.165, 1.54) is 18.9 Å². The van der Waals surface area contributed by atoms with E-state index >= 15 is 0 Å². The first-order valence-electron chi connectivity index (χ1n) is 2.82. The first-order valence-corrected chi connectivity index (χ1v) is 3.66. The Balaban J connectivity index is 2.40. The largest absolute Gasteiger partial charge is 0.452 e. The average Bonchev–Trinajstić information content (AvgIpc) is 1.88. The summed E-state index contributed by atoms with van der Waals surface area (Å²) in [5.74, 6) is -0.284. The standard InChI is InChI=1S/C6H7NO2S/c1-5(8)9-6-2-3-10-7-4-6/h2-4,6H,1H3. The first-order chi connectivity index (χ1) is 4.79. The van der Waals surface area contributed by atoms with Crippen LogP contribution < -0.4 is 0 Å². The second-order valence-electron chi connectivity index (χ2n) is 1.76. The lowest BCUT2D eigenvalue weighted by Gasteiger charge is -2.08. The number of carbonyl (C=O) groups excluding carboxylic acids is 1. The molecule has 10 heavy (non-hydrogen) atoms. The van der Waals surface area contributed by atoms with Crippen LogP contribution in [0.25, 0.3) is 0 Å². The minimum Gasteiger partial charge on any atom is -0.452 e. The molecular weight excluding hydrogens is 150 g/mol. The van der Waals surface area contributed by atoms with Gasteiger partial charge in [-0.05, 0) is 11.5 Å². The predicted octanol–water partition coefficient (Wildman–Crippen LogP) is 1.16. The molecule has 4 heteroatoms. The number of ether oxygens (including phenoxy) is 1. The smallest absolute Gasteiger partial charge is 0.303 e. The molecule has 0 aromatic rings. The highest BCUT2D eigenvalue weighted by Crippen LogP contribution is 2.10. The summed E-state index contributed by atoms with van der Waals surface area (Å²) in [7, 11) is 0. The molecule has 1 heterocycles. The van der Waals surface area contributed by atoms with Gasteiger partial charge in [-0.2, -0.15) is 0 Å². The van der Waals surface area contributed by atoms with Crippen LogP contribution in [0.3, 0.4) is 0 Å². The maximum Gasteiger partial charge on any atom is 0.303 e. The van der Waals surface area contributed by atoms with Gasteiger partial charge >= 0.3 is 5.97 Å². The molecular formula is C6H7NO2S. The number of hydrogen-bond donors (Lipinski definition) is 0. The van der Waals surface area contributed by atoms with E-state index < -0.39 is 0 Å². The Morgan fingerprint density at radius 1 is 1.80 bits per heavy atom. The van der Waals surface area contributed by atoms with Gasteiger partial charge in [-0.3, -0.25) is 4.79 Å². The molecule has 0 saturated heterocycles. The molecule has 0 fully saturated rings. The van der Waals surface area contributed by atoms with Crippen LogP contribution in [0.1, 0.15) is 6.92 Å². The van der Waals surface area contributed by atoms with Crippen molar-refractivity contribution in [3.8, 4) is 0 Å². The summed E-state index contributed by atoms with van der Waals surface area (Å²) in [6.07, 6.45) is 3.10. The maximum atomic E-state index is 10.4. The minimum atomic E-state index is -0.284. The third kappa shape index (κ3) is 2.23. The summed E-state index contributed by atoms with van der Waals surface area (Å²) >= 11 is 1.32. The van der Waals surface area contributed by atoms with Crippen molar-refractivity contribution in [3.05, 3.63) is 11.5 Å². The number of nitrogens with zero attached hydrogens (tertiary/aromatic N) is 1. The lowest BCUT2D eigenvalue weighted by Crippen LogP contribution is -2.15. The second kappa shape index (κ2) is 3.41. The van der Waals surface area contributed by atoms with Gasteiger partial charge < -0.3 is 4.74 Å². The fourth-order valence-electron chi connectivity index (χ4n) is 0.554. The zero-order valence-electron chi connectivity index (χ0n) is 5.48. The van der Waals surface area contributed by atoms with E-state index in [4.69, 9.17) is 4.74 Å². The first kappa shape index (κ1) is 7.34. The van der Waals surface area contributed by atoms with Crippen LogP contribution in [0.5, 0.6) is 0 Å². The lowest BCUT2D eigenvalue weighted by molar-refractivity contribution is -0.141. The zero-order valence-corrected chi connectivity index (χ0v) is 6.30. The van der Waals surface area contributed by atoms with E-state index in [1.807, 2.05) is 0 Å². The van der Waals surface area contributed by atoms with Crippen LogP contribution in [-0.2, 0) is 9.53 Å². The third-order valence-electron chi connectivity index (χ3n) is 0.900. The molecule has 0 aromatic heterocycles. The summed E-state index contributed by atoms with van der Waals surface area (Å²) in [6.45, 7) is 1.38. The summed E-state index contributed by atoms with van der Waals surface area (Å²) < 4.78 is 8.64. The Morgan fingerprint density at radius 3 is 3.10 bits per heavy atom. The molecule has 0 saturated carbocycles. The van der Waals surface area contributed by atoms with E-state index in [0.29, 0.717) is 0 Å². The van der Waals surface area contributed by atoms with E-state index in [2.05, 4.69) is 4.40 Å². The molecule has 0 bridgehead atoms. The van der Waals surface area contributed by atoms with Crippen molar-refractivity contribution in [2.45, 2.75) is 13.0 Å². The van der Waals surface area contributed by atoms with E-state index in [0.717, 1.165) is 0 Å². The molecule has 1 rings (SSSR count). The molecule has 1 aliphatic rings. The topological polar surface area (TPSA) is 38.7 Å². The molecule has 0 aromatic carbocycles. The molecule has 54 valence electrons. The van der Waals surface area contributed by atoms with Crippen molar-refractivity contribution in [1.29, 1.82) is 0 Å². The molecule has 1 atom stereocenters. The molecule has 0 amide bonds. The molecule has 0 radical (unpaired) electrons. The van der Waals surface area contributed by atoms with Crippen molar-refractivity contribution in [2.24, 2.45) is 4.40 Å². The highest BCUT2D eigenvalue weighted by atomic mass is 32.2. The summed E-state index contributed by atoms with van der Waals surface area (Å²) in [5, 5.41) is 1.79. The van der Waals surface area contributed by atoms with E-state index in [1.54, 1.807) is 17.7 Å². The summed E-state index contributed by atoms with van der Waals surface area (Å²) in [6, 6.07) is 0. The fraction of sp³-hybridized carbons (Fsp3) is 0.333. The SMILES string of the molecule is CC(=O)OC1C=CSN=C1. The maximum absolute atomic E-state index is 10.4. The highest BCUT2D eigenvalue weighted by Gasteiger charge is 2.05. The van der Waals surface area contributed by atoms with Crippen LogP contribution in [0.2, 0.25) is 0 Å². The van der Waals surface area contributed by atoms with E-state index in [-0.39, 0.29) is 12.1 Å². The van der Waals surface area contributed by atoms with Crippen molar-refractivity contribution in [1.82, 2.24) is 0 Å². The van der Waals surface area contributed by atoms with Crippen LogP contribution in [0, 0.1) is 0 Å². The number of carbonyl (C=O) groups is 1. The molecule has 0 aliphatic carbocycles. The van der Waals surface area contributed by atoms with Gasteiger partial charge in [0.25, 0.3) is 0 Å². The molecule has 0 spiro atoms. The Labute approximate surface area is 63.3 Å². The van der Waals surface area contributed by atoms with Gasteiger partial charge in [-0.25, -0.2) is 4.40 Å².